The number of carbonyl (C=O) groups is 2. The van der Waals surface area contributed by atoms with Crippen molar-refractivity contribution in [1.29, 1.82) is 0 Å². The molecule has 170 valence electrons. The summed E-state index contributed by atoms with van der Waals surface area (Å²) in [6.07, 6.45) is 3.31. The van der Waals surface area contributed by atoms with Crippen molar-refractivity contribution in [2.24, 2.45) is 0 Å². The second kappa shape index (κ2) is 10.8. The molecule has 33 heavy (non-hydrogen) atoms. The maximum atomic E-state index is 12.6. The van der Waals surface area contributed by atoms with Gasteiger partial charge in [-0.25, -0.2) is 14.8 Å². The molecular formula is C24H25N5O3S. The fourth-order valence-electron chi connectivity index (χ4n) is 3.65. The molecule has 0 saturated carbocycles. The van der Waals surface area contributed by atoms with Crippen LogP contribution in [-0.4, -0.2) is 60.9 Å². The van der Waals surface area contributed by atoms with Gasteiger partial charge in [-0.3, -0.25) is 4.79 Å². The maximum absolute atomic E-state index is 12.6. The lowest BCUT2D eigenvalue weighted by atomic mass is 10.2. The quantitative estimate of drug-likeness (QED) is 0.422. The molecule has 1 N–H and O–H groups in total. The Morgan fingerprint density at radius 3 is 2.36 bits per heavy atom. The van der Waals surface area contributed by atoms with Gasteiger partial charge in [0, 0.05) is 44.3 Å². The summed E-state index contributed by atoms with van der Waals surface area (Å²) in [5.74, 6) is 0.204. The number of nitrogens with zero attached hydrogens (tertiary/aromatic N) is 4. The smallest absolute Gasteiger partial charge is 0.339 e. The SMILES string of the molecule is COC(=O)c1ccccc1NC(=O)CSc1nccnc1N1CCN(c2ccccc2)CC1. The van der Waals surface area contributed by atoms with Crippen molar-refractivity contribution in [3.63, 3.8) is 0 Å². The Hall–Kier alpha value is -3.59. The monoisotopic (exact) mass is 463 g/mol. The van der Waals surface area contributed by atoms with Crippen LogP contribution in [-0.2, 0) is 9.53 Å². The molecule has 9 heteroatoms. The van der Waals surface area contributed by atoms with Crippen LogP contribution in [0.5, 0.6) is 0 Å². The van der Waals surface area contributed by atoms with Gasteiger partial charge in [0.2, 0.25) is 5.91 Å². The number of aromatic nitrogens is 2. The van der Waals surface area contributed by atoms with Gasteiger partial charge in [0.15, 0.2) is 5.82 Å². The normalized spacial score (nSPS) is 13.5. The number of carbonyl (C=O) groups excluding carboxylic acids is 2. The fraction of sp³-hybridized carbons (Fsp3) is 0.250. The molecule has 2 aromatic carbocycles. The number of esters is 1. The summed E-state index contributed by atoms with van der Waals surface area (Å²) < 4.78 is 4.78. The van der Waals surface area contributed by atoms with Gasteiger partial charge in [-0.1, -0.05) is 42.1 Å². The van der Waals surface area contributed by atoms with Crippen LogP contribution >= 0.6 is 11.8 Å². The third-order valence-corrected chi connectivity index (χ3v) is 6.26. The predicted molar refractivity (Wildman–Crippen MR) is 130 cm³/mol. The van der Waals surface area contributed by atoms with Gasteiger partial charge in [0.05, 0.1) is 24.1 Å². The molecule has 1 aliphatic rings. The van der Waals surface area contributed by atoms with Crippen molar-refractivity contribution in [3.8, 4) is 0 Å². The minimum Gasteiger partial charge on any atom is -0.465 e. The number of anilines is 3. The van der Waals surface area contributed by atoms with Crippen LogP contribution in [0.25, 0.3) is 0 Å². The number of ether oxygens (including phenoxy) is 1. The molecule has 0 spiro atoms. The average molecular weight is 464 g/mol. The average Bonchev–Trinajstić information content (AvgIpc) is 2.88. The number of hydrogen-bond acceptors (Lipinski definition) is 8. The number of piperazine rings is 1. The lowest BCUT2D eigenvalue weighted by Gasteiger charge is -2.37. The van der Waals surface area contributed by atoms with E-state index in [1.807, 2.05) is 18.2 Å². The fourth-order valence-corrected chi connectivity index (χ4v) is 4.44. The van der Waals surface area contributed by atoms with Crippen LogP contribution in [0.15, 0.2) is 72.0 Å². The first-order chi connectivity index (χ1) is 16.2. The topological polar surface area (TPSA) is 87.7 Å². The van der Waals surface area contributed by atoms with E-state index in [9.17, 15) is 9.59 Å². The zero-order chi connectivity index (χ0) is 23.0. The van der Waals surface area contributed by atoms with Gasteiger partial charge >= 0.3 is 5.97 Å². The highest BCUT2D eigenvalue weighted by Crippen LogP contribution is 2.28. The zero-order valence-corrected chi connectivity index (χ0v) is 19.1. The highest BCUT2D eigenvalue weighted by molar-refractivity contribution is 8.00. The summed E-state index contributed by atoms with van der Waals surface area (Å²) in [6, 6.07) is 17.1. The third-order valence-electron chi connectivity index (χ3n) is 5.29. The number of hydrogen-bond donors (Lipinski definition) is 1. The Morgan fingerprint density at radius 2 is 1.61 bits per heavy atom. The molecule has 2 heterocycles. The van der Waals surface area contributed by atoms with Crippen molar-refractivity contribution in [1.82, 2.24) is 9.97 Å². The first kappa shape index (κ1) is 22.6. The van der Waals surface area contributed by atoms with Crippen LogP contribution in [0, 0.1) is 0 Å². The minimum atomic E-state index is -0.496. The Bertz CT molecular complexity index is 1100. The highest BCUT2D eigenvalue weighted by atomic mass is 32.2. The van der Waals surface area contributed by atoms with Crippen molar-refractivity contribution in [2.75, 3.05) is 54.2 Å². The molecule has 1 aromatic heterocycles. The van der Waals surface area contributed by atoms with Crippen molar-refractivity contribution in [3.05, 3.63) is 72.6 Å². The molecule has 0 aliphatic carbocycles. The van der Waals surface area contributed by atoms with Gasteiger partial charge in [-0.05, 0) is 24.3 Å². The van der Waals surface area contributed by atoms with Crippen LogP contribution in [0.3, 0.4) is 0 Å². The first-order valence-electron chi connectivity index (χ1n) is 10.6. The summed E-state index contributed by atoms with van der Waals surface area (Å²) in [7, 11) is 1.31. The Kier molecular flexibility index (Phi) is 7.41. The summed E-state index contributed by atoms with van der Waals surface area (Å²) >= 11 is 1.33. The lowest BCUT2D eigenvalue weighted by Crippen LogP contribution is -2.47. The maximum Gasteiger partial charge on any atom is 0.339 e. The number of thioether (sulfide) groups is 1. The lowest BCUT2D eigenvalue weighted by molar-refractivity contribution is -0.113. The molecule has 8 nitrogen and oxygen atoms in total. The molecule has 0 radical (unpaired) electrons. The second-order valence-electron chi connectivity index (χ2n) is 7.37. The van der Waals surface area contributed by atoms with Crippen molar-refractivity contribution >= 4 is 40.8 Å². The van der Waals surface area contributed by atoms with Gasteiger partial charge in [0.25, 0.3) is 0 Å². The van der Waals surface area contributed by atoms with E-state index in [1.165, 1.54) is 24.6 Å². The minimum absolute atomic E-state index is 0.144. The van der Waals surface area contributed by atoms with E-state index < -0.39 is 5.97 Å². The number of benzene rings is 2. The van der Waals surface area contributed by atoms with E-state index in [0.717, 1.165) is 32.0 Å². The second-order valence-corrected chi connectivity index (χ2v) is 8.33. The molecule has 1 fully saturated rings. The van der Waals surface area contributed by atoms with Crippen LogP contribution in [0.1, 0.15) is 10.4 Å². The molecule has 0 bridgehead atoms. The van der Waals surface area contributed by atoms with E-state index in [0.29, 0.717) is 16.3 Å². The van der Waals surface area contributed by atoms with E-state index in [2.05, 4.69) is 37.2 Å². The van der Waals surface area contributed by atoms with E-state index >= 15 is 0 Å². The van der Waals surface area contributed by atoms with Crippen molar-refractivity contribution in [2.45, 2.75) is 5.03 Å². The summed E-state index contributed by atoms with van der Waals surface area (Å²) in [6.45, 7) is 3.41. The number of para-hydroxylation sites is 2. The number of methoxy groups -OCH3 is 1. The molecule has 1 saturated heterocycles. The standard InChI is InChI=1S/C24H25N5O3S/c1-32-24(31)19-9-5-6-10-20(19)27-21(30)17-33-23-22(25-11-12-26-23)29-15-13-28(14-16-29)18-7-3-2-4-8-18/h2-12H,13-17H2,1H3,(H,27,30). The zero-order valence-electron chi connectivity index (χ0n) is 18.3. The summed E-state index contributed by atoms with van der Waals surface area (Å²) in [5, 5.41) is 3.50. The van der Waals surface area contributed by atoms with Crippen molar-refractivity contribution < 1.29 is 14.3 Å². The largest absolute Gasteiger partial charge is 0.465 e. The van der Waals surface area contributed by atoms with E-state index in [1.54, 1.807) is 36.7 Å². The number of nitrogens with one attached hydrogen (secondary N) is 1. The van der Waals surface area contributed by atoms with Crippen LogP contribution < -0.4 is 15.1 Å². The predicted octanol–water partition coefficient (Wildman–Crippen LogP) is 3.32. The molecule has 1 aliphatic heterocycles. The Balaban J connectivity index is 1.37. The van der Waals surface area contributed by atoms with E-state index in [4.69, 9.17) is 4.74 Å². The van der Waals surface area contributed by atoms with Gasteiger partial charge in [-0.15, -0.1) is 0 Å². The van der Waals surface area contributed by atoms with Crippen LogP contribution in [0.2, 0.25) is 0 Å². The Morgan fingerprint density at radius 1 is 0.939 bits per heavy atom. The molecule has 0 atom stereocenters. The number of rotatable bonds is 7. The van der Waals surface area contributed by atoms with Gasteiger partial charge in [0.1, 0.15) is 5.03 Å². The highest BCUT2D eigenvalue weighted by Gasteiger charge is 2.22. The van der Waals surface area contributed by atoms with Gasteiger partial charge < -0.3 is 19.9 Å². The molecular weight excluding hydrogens is 438 g/mol. The molecule has 0 unspecified atom stereocenters. The molecule has 1 amide bonds. The van der Waals surface area contributed by atoms with E-state index in [-0.39, 0.29) is 11.7 Å². The Labute approximate surface area is 197 Å². The summed E-state index contributed by atoms with van der Waals surface area (Å²) in [5.41, 5.74) is 1.95. The first-order valence-corrected chi connectivity index (χ1v) is 11.6. The third kappa shape index (κ3) is 5.61. The molecule has 4 rings (SSSR count). The van der Waals surface area contributed by atoms with Gasteiger partial charge in [-0.2, -0.15) is 0 Å². The summed E-state index contributed by atoms with van der Waals surface area (Å²) in [4.78, 5) is 38.1. The van der Waals surface area contributed by atoms with Crippen LogP contribution in [0.4, 0.5) is 17.2 Å². The molecule has 3 aromatic rings. The number of amides is 1.